The van der Waals surface area contributed by atoms with Gasteiger partial charge in [-0.1, -0.05) is 69.3 Å². The number of benzene rings is 4. The zero-order chi connectivity index (χ0) is 23.3. The van der Waals surface area contributed by atoms with E-state index in [0.29, 0.717) is 11.8 Å². The summed E-state index contributed by atoms with van der Waals surface area (Å²) in [4.78, 5) is 0. The predicted molar refractivity (Wildman–Crippen MR) is 138 cm³/mol. The van der Waals surface area contributed by atoms with E-state index in [0.717, 1.165) is 16.8 Å². The molecule has 34 heavy (non-hydrogen) atoms. The summed E-state index contributed by atoms with van der Waals surface area (Å²) in [6.07, 6.45) is 0. The van der Waals surface area contributed by atoms with Gasteiger partial charge in [0.05, 0.1) is 11.0 Å². The van der Waals surface area contributed by atoms with Crippen molar-refractivity contribution < 1.29 is 4.42 Å². The van der Waals surface area contributed by atoms with Crippen LogP contribution in [-0.2, 0) is 5.41 Å². The lowest BCUT2D eigenvalue weighted by Crippen LogP contribution is -2.10. The third kappa shape index (κ3) is 3.39. The van der Waals surface area contributed by atoms with Crippen LogP contribution in [0.4, 0.5) is 0 Å². The maximum atomic E-state index is 6.02. The van der Waals surface area contributed by atoms with Crippen LogP contribution >= 0.6 is 0 Å². The van der Waals surface area contributed by atoms with Crippen molar-refractivity contribution in [2.75, 3.05) is 0 Å². The van der Waals surface area contributed by atoms with Gasteiger partial charge in [0.25, 0.3) is 0 Å². The monoisotopic (exact) mass is 443 g/mol. The van der Waals surface area contributed by atoms with Gasteiger partial charge in [-0.15, -0.1) is 10.2 Å². The van der Waals surface area contributed by atoms with Gasteiger partial charge in [0.1, 0.15) is 0 Å². The molecular weight excluding hydrogens is 418 g/mol. The Hall–Kier alpha value is -4.18. The Labute approximate surface area is 198 Å². The highest BCUT2D eigenvalue weighted by molar-refractivity contribution is 6.09. The third-order valence-electron chi connectivity index (χ3n) is 6.38. The van der Waals surface area contributed by atoms with Crippen molar-refractivity contribution in [3.8, 4) is 28.6 Å². The lowest BCUT2D eigenvalue weighted by atomic mass is 9.87. The van der Waals surface area contributed by atoms with Crippen LogP contribution < -0.4 is 0 Å². The molecule has 0 fully saturated rings. The highest BCUT2D eigenvalue weighted by Crippen LogP contribution is 2.33. The first-order chi connectivity index (χ1) is 16.5. The van der Waals surface area contributed by atoms with Crippen LogP contribution in [0.5, 0.6) is 0 Å². The van der Waals surface area contributed by atoms with E-state index in [1.54, 1.807) is 0 Å². The minimum atomic E-state index is 0.108. The van der Waals surface area contributed by atoms with Crippen molar-refractivity contribution in [2.45, 2.75) is 26.2 Å². The Morgan fingerprint density at radius 2 is 1.06 bits per heavy atom. The summed E-state index contributed by atoms with van der Waals surface area (Å²) in [6.45, 7) is 6.61. The number of fused-ring (bicyclic) bond motifs is 3. The molecule has 6 rings (SSSR count). The second-order valence-corrected chi connectivity index (χ2v) is 9.66. The van der Waals surface area contributed by atoms with E-state index in [-0.39, 0.29) is 5.41 Å². The summed E-state index contributed by atoms with van der Waals surface area (Å²) in [5, 5.41) is 11.1. The molecule has 0 bridgehead atoms. The average molecular weight is 444 g/mol. The molecule has 4 heteroatoms. The van der Waals surface area contributed by atoms with Crippen LogP contribution in [0.25, 0.3) is 50.4 Å². The minimum Gasteiger partial charge on any atom is -0.416 e. The number of hydrogen-bond donors (Lipinski definition) is 0. The van der Waals surface area contributed by atoms with Gasteiger partial charge in [0.2, 0.25) is 11.8 Å². The first-order valence-electron chi connectivity index (χ1n) is 11.5. The van der Waals surface area contributed by atoms with Gasteiger partial charge >= 0.3 is 0 Å². The summed E-state index contributed by atoms with van der Waals surface area (Å²) in [6, 6.07) is 33.7. The Bertz CT molecular complexity index is 1560. The lowest BCUT2D eigenvalue weighted by molar-refractivity contribution is 0.582. The Morgan fingerprint density at radius 3 is 1.56 bits per heavy atom. The molecule has 2 aromatic heterocycles. The number of hydrogen-bond acceptors (Lipinski definition) is 3. The number of para-hydroxylation sites is 2. The largest absolute Gasteiger partial charge is 0.416 e. The molecule has 2 heterocycles. The van der Waals surface area contributed by atoms with Crippen LogP contribution in [-0.4, -0.2) is 14.8 Å². The fraction of sp³-hybridized carbons (Fsp3) is 0.133. The van der Waals surface area contributed by atoms with E-state index in [1.165, 1.54) is 27.4 Å². The van der Waals surface area contributed by atoms with Crippen molar-refractivity contribution in [3.05, 3.63) is 103 Å². The molecular formula is C30H25N3O. The molecule has 0 unspecified atom stereocenters. The SMILES string of the molecule is CC(C)(C)c1ccc(-c2nnc(-c3ccc(-n4c5ccccc5c5ccccc54)cc3)o2)cc1. The van der Waals surface area contributed by atoms with Crippen molar-refractivity contribution in [1.29, 1.82) is 0 Å². The van der Waals surface area contributed by atoms with E-state index in [4.69, 9.17) is 4.42 Å². The fourth-order valence-corrected chi connectivity index (χ4v) is 4.52. The number of nitrogens with zero attached hydrogens (tertiary/aromatic N) is 3. The zero-order valence-electron chi connectivity index (χ0n) is 19.5. The van der Waals surface area contributed by atoms with Crippen LogP contribution in [0.1, 0.15) is 26.3 Å². The molecule has 0 aliphatic rings. The fourth-order valence-electron chi connectivity index (χ4n) is 4.52. The van der Waals surface area contributed by atoms with Crippen molar-refractivity contribution in [2.24, 2.45) is 0 Å². The van der Waals surface area contributed by atoms with E-state index in [1.807, 2.05) is 24.3 Å². The highest BCUT2D eigenvalue weighted by Gasteiger charge is 2.16. The zero-order valence-corrected chi connectivity index (χ0v) is 19.5. The molecule has 0 saturated heterocycles. The molecule has 4 nitrogen and oxygen atoms in total. The molecule has 0 atom stereocenters. The molecule has 6 aromatic rings. The molecule has 166 valence electrons. The molecule has 0 spiro atoms. The minimum absolute atomic E-state index is 0.108. The highest BCUT2D eigenvalue weighted by atomic mass is 16.4. The van der Waals surface area contributed by atoms with Gasteiger partial charge in [-0.25, -0.2) is 0 Å². The number of aromatic nitrogens is 3. The maximum Gasteiger partial charge on any atom is 0.248 e. The number of rotatable bonds is 3. The van der Waals surface area contributed by atoms with E-state index < -0.39 is 0 Å². The summed E-state index contributed by atoms with van der Waals surface area (Å²) in [5.41, 5.74) is 6.68. The van der Waals surface area contributed by atoms with Gasteiger partial charge in [0.15, 0.2) is 0 Å². The van der Waals surface area contributed by atoms with Gasteiger partial charge < -0.3 is 8.98 Å². The summed E-state index contributed by atoms with van der Waals surface area (Å²) in [7, 11) is 0. The summed E-state index contributed by atoms with van der Waals surface area (Å²) < 4.78 is 8.32. The Morgan fingerprint density at radius 1 is 0.588 bits per heavy atom. The van der Waals surface area contributed by atoms with Crippen molar-refractivity contribution in [3.63, 3.8) is 0 Å². The molecule has 4 aromatic carbocycles. The lowest BCUT2D eigenvalue weighted by Gasteiger charge is -2.18. The molecule has 0 N–H and O–H groups in total. The van der Waals surface area contributed by atoms with Gasteiger partial charge in [-0.2, -0.15) is 0 Å². The van der Waals surface area contributed by atoms with Gasteiger partial charge in [-0.05, 0) is 59.5 Å². The summed E-state index contributed by atoms with van der Waals surface area (Å²) in [5.74, 6) is 1.05. The van der Waals surface area contributed by atoms with Crippen molar-refractivity contribution >= 4 is 21.8 Å². The smallest absolute Gasteiger partial charge is 0.248 e. The van der Waals surface area contributed by atoms with Crippen LogP contribution in [0, 0.1) is 0 Å². The molecule has 0 amide bonds. The topological polar surface area (TPSA) is 43.9 Å². The van der Waals surface area contributed by atoms with Crippen LogP contribution in [0.3, 0.4) is 0 Å². The first kappa shape index (κ1) is 20.4. The van der Waals surface area contributed by atoms with E-state index in [2.05, 4.69) is 108 Å². The Kier molecular flexibility index (Phi) is 4.63. The van der Waals surface area contributed by atoms with Gasteiger partial charge in [-0.3, -0.25) is 0 Å². The van der Waals surface area contributed by atoms with Crippen LogP contribution in [0.2, 0.25) is 0 Å². The molecule has 0 aliphatic carbocycles. The molecule has 0 saturated carbocycles. The second kappa shape index (κ2) is 7.70. The molecule has 0 aliphatic heterocycles. The normalized spacial score (nSPS) is 12.0. The molecule has 0 radical (unpaired) electrons. The predicted octanol–water partition coefficient (Wildman–Crippen LogP) is 7.80. The van der Waals surface area contributed by atoms with Crippen LogP contribution in [0.15, 0.2) is 101 Å². The Balaban J connectivity index is 1.35. The standard InChI is InChI=1S/C30H25N3O/c1-30(2,3)22-16-12-20(13-17-22)28-31-32-29(34-28)21-14-18-23(19-15-21)33-26-10-6-4-8-24(26)25-9-5-7-11-27(25)33/h4-19H,1-3H3. The maximum absolute atomic E-state index is 6.02. The second-order valence-electron chi connectivity index (χ2n) is 9.66. The van der Waals surface area contributed by atoms with E-state index >= 15 is 0 Å². The van der Waals surface area contributed by atoms with E-state index in [9.17, 15) is 0 Å². The summed E-state index contributed by atoms with van der Waals surface area (Å²) >= 11 is 0. The van der Waals surface area contributed by atoms with Gasteiger partial charge in [0, 0.05) is 27.6 Å². The average Bonchev–Trinajstić information content (AvgIpc) is 3.47. The first-order valence-corrected chi connectivity index (χ1v) is 11.5. The third-order valence-corrected chi connectivity index (χ3v) is 6.38. The van der Waals surface area contributed by atoms with Crippen molar-refractivity contribution in [1.82, 2.24) is 14.8 Å². The quantitative estimate of drug-likeness (QED) is 0.280.